The summed E-state index contributed by atoms with van der Waals surface area (Å²) >= 11 is 0. The van der Waals surface area contributed by atoms with Gasteiger partial charge in [0.1, 0.15) is 5.75 Å². The van der Waals surface area contributed by atoms with Gasteiger partial charge in [-0.1, -0.05) is 24.3 Å². The topological polar surface area (TPSA) is 65.3 Å². The van der Waals surface area contributed by atoms with Crippen LogP contribution in [0.2, 0.25) is 0 Å². The number of nitrogens with zero attached hydrogens (tertiary/aromatic N) is 1. The van der Waals surface area contributed by atoms with Crippen molar-refractivity contribution in [3.8, 4) is 11.8 Å². The third-order valence-electron chi connectivity index (χ3n) is 3.22. The lowest BCUT2D eigenvalue weighted by atomic mass is 10.0. The maximum atomic E-state index is 9.28. The number of aliphatic hydroxyl groups is 1. The summed E-state index contributed by atoms with van der Waals surface area (Å²) in [5.41, 5.74) is 1.45. The molecule has 0 fully saturated rings. The summed E-state index contributed by atoms with van der Waals surface area (Å²) in [6, 6.07) is 11.8. The molecule has 0 bridgehead atoms. The van der Waals surface area contributed by atoms with Gasteiger partial charge in [0, 0.05) is 23.9 Å². The molecular formula is C16H18N2O2. The van der Waals surface area contributed by atoms with Gasteiger partial charge >= 0.3 is 0 Å². The fourth-order valence-electron chi connectivity index (χ4n) is 2.25. The molecule has 2 aromatic carbocycles. The van der Waals surface area contributed by atoms with Crippen molar-refractivity contribution in [1.82, 2.24) is 0 Å². The first-order valence-corrected chi connectivity index (χ1v) is 6.66. The van der Waals surface area contributed by atoms with Crippen LogP contribution in [0.25, 0.3) is 10.8 Å². The molecule has 2 N–H and O–H groups in total. The highest BCUT2D eigenvalue weighted by Gasteiger charge is 2.11. The lowest BCUT2D eigenvalue weighted by Gasteiger charge is -2.14. The van der Waals surface area contributed by atoms with E-state index in [2.05, 4.69) is 11.4 Å². The van der Waals surface area contributed by atoms with Gasteiger partial charge in [-0.25, -0.2) is 0 Å². The van der Waals surface area contributed by atoms with Gasteiger partial charge in [-0.15, -0.1) is 0 Å². The summed E-state index contributed by atoms with van der Waals surface area (Å²) in [6.45, 7) is 0.931. The van der Waals surface area contributed by atoms with E-state index in [9.17, 15) is 5.26 Å². The molecule has 0 amide bonds. The van der Waals surface area contributed by atoms with E-state index in [0.29, 0.717) is 5.56 Å². The predicted molar refractivity (Wildman–Crippen MR) is 80.0 cm³/mol. The van der Waals surface area contributed by atoms with E-state index < -0.39 is 0 Å². The standard InChI is InChI=1S/C16H18N2O2/c1-20-16-14-7-3-2-6-13(14)12(11-17)10-15(16)18-8-4-5-9-19/h2-3,6-7,10,18-19H,4-5,8-9H2,1H3. The molecule has 0 saturated carbocycles. The highest BCUT2D eigenvalue weighted by atomic mass is 16.5. The van der Waals surface area contributed by atoms with Gasteiger partial charge in [-0.3, -0.25) is 0 Å². The molecule has 0 radical (unpaired) electrons. The van der Waals surface area contributed by atoms with E-state index in [1.54, 1.807) is 7.11 Å². The monoisotopic (exact) mass is 270 g/mol. The number of hydrogen-bond donors (Lipinski definition) is 2. The van der Waals surface area contributed by atoms with Gasteiger partial charge in [0.2, 0.25) is 0 Å². The molecule has 0 aromatic heterocycles. The minimum atomic E-state index is 0.194. The highest BCUT2D eigenvalue weighted by molar-refractivity contribution is 5.97. The Morgan fingerprint density at radius 1 is 1.25 bits per heavy atom. The number of ether oxygens (including phenoxy) is 1. The molecule has 0 aliphatic heterocycles. The lowest BCUT2D eigenvalue weighted by molar-refractivity contribution is 0.286. The molecule has 0 spiro atoms. The number of nitriles is 1. The minimum Gasteiger partial charge on any atom is -0.494 e. The smallest absolute Gasteiger partial charge is 0.149 e. The van der Waals surface area contributed by atoms with Crippen molar-refractivity contribution in [1.29, 1.82) is 5.26 Å². The quantitative estimate of drug-likeness (QED) is 0.792. The Bertz CT molecular complexity index is 632. The molecule has 0 heterocycles. The second kappa shape index (κ2) is 6.78. The summed E-state index contributed by atoms with van der Waals surface area (Å²) in [6.07, 6.45) is 1.63. The molecule has 20 heavy (non-hydrogen) atoms. The Kier molecular flexibility index (Phi) is 4.80. The van der Waals surface area contributed by atoms with Crippen molar-refractivity contribution in [2.24, 2.45) is 0 Å². The fraction of sp³-hybridized carbons (Fsp3) is 0.312. The van der Waals surface area contributed by atoms with E-state index in [4.69, 9.17) is 9.84 Å². The molecule has 0 atom stereocenters. The Labute approximate surface area is 118 Å². The van der Waals surface area contributed by atoms with Gasteiger partial charge in [-0.05, 0) is 18.9 Å². The van der Waals surface area contributed by atoms with E-state index in [1.165, 1.54) is 0 Å². The number of unbranched alkanes of at least 4 members (excludes halogenated alkanes) is 1. The number of rotatable bonds is 6. The van der Waals surface area contributed by atoms with E-state index in [1.807, 2.05) is 30.3 Å². The Morgan fingerprint density at radius 3 is 2.65 bits per heavy atom. The van der Waals surface area contributed by atoms with Gasteiger partial charge in [0.05, 0.1) is 24.4 Å². The zero-order valence-electron chi connectivity index (χ0n) is 11.5. The first-order valence-electron chi connectivity index (χ1n) is 6.66. The predicted octanol–water partition coefficient (Wildman–Crippen LogP) is 2.90. The molecule has 0 aliphatic carbocycles. The fourth-order valence-corrected chi connectivity index (χ4v) is 2.25. The van der Waals surface area contributed by atoms with Crippen LogP contribution in [0.4, 0.5) is 5.69 Å². The summed E-state index contributed by atoms with van der Waals surface area (Å²) in [5.74, 6) is 0.753. The molecule has 0 unspecified atom stereocenters. The number of hydrogen-bond acceptors (Lipinski definition) is 4. The average molecular weight is 270 g/mol. The second-order valence-electron chi connectivity index (χ2n) is 4.52. The third-order valence-corrected chi connectivity index (χ3v) is 3.22. The van der Waals surface area contributed by atoms with Crippen LogP contribution < -0.4 is 10.1 Å². The summed E-state index contributed by atoms with van der Waals surface area (Å²) in [7, 11) is 1.63. The van der Waals surface area contributed by atoms with Crippen LogP contribution in [-0.2, 0) is 0 Å². The summed E-state index contributed by atoms with van der Waals surface area (Å²) in [5, 5.41) is 23.2. The number of benzene rings is 2. The van der Waals surface area contributed by atoms with Gasteiger partial charge in [0.15, 0.2) is 0 Å². The Hall–Kier alpha value is -2.25. The van der Waals surface area contributed by atoms with Crippen LogP contribution in [0.5, 0.6) is 5.75 Å². The van der Waals surface area contributed by atoms with Crippen LogP contribution >= 0.6 is 0 Å². The van der Waals surface area contributed by atoms with Crippen LogP contribution in [0, 0.1) is 11.3 Å². The second-order valence-corrected chi connectivity index (χ2v) is 4.52. The van der Waals surface area contributed by atoms with Crippen molar-refractivity contribution in [2.45, 2.75) is 12.8 Å². The van der Waals surface area contributed by atoms with Gasteiger partial charge in [-0.2, -0.15) is 5.26 Å². The zero-order valence-corrected chi connectivity index (χ0v) is 11.5. The molecular weight excluding hydrogens is 252 g/mol. The molecule has 0 saturated heterocycles. The maximum Gasteiger partial charge on any atom is 0.149 e. The first kappa shape index (κ1) is 14.2. The van der Waals surface area contributed by atoms with Crippen LogP contribution in [0.3, 0.4) is 0 Å². The van der Waals surface area contributed by atoms with E-state index >= 15 is 0 Å². The number of methoxy groups -OCH3 is 1. The largest absolute Gasteiger partial charge is 0.494 e. The molecule has 104 valence electrons. The molecule has 0 aliphatic rings. The molecule has 4 nitrogen and oxygen atoms in total. The minimum absolute atomic E-state index is 0.194. The highest BCUT2D eigenvalue weighted by Crippen LogP contribution is 2.35. The Morgan fingerprint density at radius 2 is 2.00 bits per heavy atom. The number of anilines is 1. The Balaban J connectivity index is 2.40. The van der Waals surface area contributed by atoms with Crippen molar-refractivity contribution >= 4 is 16.5 Å². The van der Waals surface area contributed by atoms with Crippen LogP contribution in [0.15, 0.2) is 30.3 Å². The SMILES string of the molecule is COc1c(NCCCCO)cc(C#N)c2ccccc12. The van der Waals surface area contributed by atoms with Crippen molar-refractivity contribution < 1.29 is 9.84 Å². The number of fused-ring (bicyclic) bond motifs is 1. The molecule has 4 heteroatoms. The summed E-state index contributed by atoms with van der Waals surface area (Å²) in [4.78, 5) is 0. The first-order chi connectivity index (χ1) is 9.81. The van der Waals surface area contributed by atoms with E-state index in [0.717, 1.165) is 41.6 Å². The lowest BCUT2D eigenvalue weighted by Crippen LogP contribution is -2.05. The zero-order chi connectivity index (χ0) is 14.4. The van der Waals surface area contributed by atoms with Crippen molar-refractivity contribution in [3.63, 3.8) is 0 Å². The normalized spacial score (nSPS) is 10.2. The number of aliphatic hydroxyl groups excluding tert-OH is 1. The summed E-state index contributed by atoms with van der Waals surface area (Å²) < 4.78 is 5.49. The average Bonchev–Trinajstić information content (AvgIpc) is 2.50. The third kappa shape index (κ3) is 2.84. The molecule has 2 aromatic rings. The van der Waals surface area contributed by atoms with Gasteiger partial charge < -0.3 is 15.2 Å². The van der Waals surface area contributed by atoms with E-state index in [-0.39, 0.29) is 6.61 Å². The van der Waals surface area contributed by atoms with Crippen molar-refractivity contribution in [3.05, 3.63) is 35.9 Å². The van der Waals surface area contributed by atoms with Crippen LogP contribution in [0.1, 0.15) is 18.4 Å². The van der Waals surface area contributed by atoms with Crippen molar-refractivity contribution in [2.75, 3.05) is 25.6 Å². The van der Waals surface area contributed by atoms with Crippen LogP contribution in [-0.4, -0.2) is 25.4 Å². The molecule has 2 rings (SSSR count). The number of nitrogens with one attached hydrogen (secondary N) is 1. The maximum absolute atomic E-state index is 9.28. The van der Waals surface area contributed by atoms with Gasteiger partial charge in [0.25, 0.3) is 0 Å².